The molecule has 2 N–H and O–H groups in total. The van der Waals surface area contributed by atoms with Crippen molar-refractivity contribution in [2.45, 2.75) is 0 Å². The summed E-state index contributed by atoms with van der Waals surface area (Å²) in [6, 6.07) is 20.3. The van der Waals surface area contributed by atoms with Gasteiger partial charge in [-0.25, -0.2) is 10.2 Å². The van der Waals surface area contributed by atoms with E-state index < -0.39 is 11.9 Å². The van der Waals surface area contributed by atoms with Crippen LogP contribution in [0.2, 0.25) is 5.02 Å². The maximum absolute atomic E-state index is 13.5. The molecule has 1 aliphatic rings. The summed E-state index contributed by atoms with van der Waals surface area (Å²) in [4.78, 5) is 29.5. The number of nitrogens with zero attached hydrogens (tertiary/aromatic N) is 1. The smallest absolute Gasteiger partial charge is 0.343 e. The number of amides is 1. The zero-order chi connectivity index (χ0) is 31.5. The Balaban J connectivity index is 1.25. The molecule has 0 saturated carbocycles. The van der Waals surface area contributed by atoms with E-state index in [4.69, 9.17) is 40.0 Å². The number of nitrogens with one attached hydrogen (secondary N) is 2. The summed E-state index contributed by atoms with van der Waals surface area (Å²) >= 11 is 6.58. The molecule has 0 aliphatic carbocycles. The molecular weight excluding hydrogens is 602 g/mol. The topological polar surface area (TPSA) is 130 Å². The van der Waals surface area contributed by atoms with E-state index >= 15 is 0 Å². The Morgan fingerprint density at radius 2 is 1.60 bits per heavy atom. The highest BCUT2D eigenvalue weighted by atomic mass is 35.5. The van der Waals surface area contributed by atoms with Crippen LogP contribution in [0.25, 0.3) is 22.0 Å². The molecule has 0 spiro atoms. The third-order valence-electron chi connectivity index (χ3n) is 7.07. The van der Waals surface area contributed by atoms with Crippen molar-refractivity contribution in [3.05, 3.63) is 94.6 Å². The fraction of sp³-hybridized carbons (Fsp3) is 0.121. The molecule has 2 heterocycles. The number of aromatic nitrogens is 1. The number of rotatable bonds is 9. The molecule has 0 saturated heterocycles. The number of aromatic amines is 1. The first-order valence-electron chi connectivity index (χ1n) is 13.6. The van der Waals surface area contributed by atoms with Crippen LogP contribution >= 0.6 is 11.6 Å². The van der Waals surface area contributed by atoms with Gasteiger partial charge in [-0.1, -0.05) is 29.8 Å². The standard InChI is InChI=1S/C33H26ClN3O8/c1-40-24-12-13-25(41-2)30-29(24)28(20-6-4-5-7-21(20)34)31(36-30)32(38)37-35-16-18-8-10-23(26(14-18)42-3)45-33(39)19-9-11-22-27(15-19)44-17-43-22/h4-16,36H,17H2,1-3H3,(H,37,38). The van der Waals surface area contributed by atoms with Gasteiger partial charge in [0.2, 0.25) is 6.79 Å². The van der Waals surface area contributed by atoms with E-state index in [2.05, 4.69) is 15.5 Å². The number of benzene rings is 4. The molecule has 0 unspecified atom stereocenters. The molecule has 11 nitrogen and oxygen atoms in total. The van der Waals surface area contributed by atoms with Crippen LogP contribution in [0.5, 0.6) is 34.5 Å². The molecule has 228 valence electrons. The zero-order valence-corrected chi connectivity index (χ0v) is 25.1. The maximum Gasteiger partial charge on any atom is 0.343 e. The quantitative estimate of drug-likeness (QED) is 0.0852. The van der Waals surface area contributed by atoms with Crippen molar-refractivity contribution in [2.24, 2.45) is 5.10 Å². The summed E-state index contributed by atoms with van der Waals surface area (Å²) in [5.41, 5.74) is 5.36. The van der Waals surface area contributed by atoms with E-state index in [-0.39, 0.29) is 29.5 Å². The molecule has 0 radical (unpaired) electrons. The predicted octanol–water partition coefficient (Wildman–Crippen LogP) is 6.23. The summed E-state index contributed by atoms with van der Waals surface area (Å²) in [7, 11) is 4.54. The molecule has 0 atom stereocenters. The molecule has 0 fully saturated rings. The van der Waals surface area contributed by atoms with Crippen molar-refractivity contribution in [3.8, 4) is 45.6 Å². The zero-order valence-electron chi connectivity index (χ0n) is 24.3. The van der Waals surface area contributed by atoms with E-state index in [1.807, 2.05) is 12.1 Å². The molecule has 5 aromatic rings. The Morgan fingerprint density at radius 1 is 0.867 bits per heavy atom. The number of H-pyrrole nitrogens is 1. The van der Waals surface area contributed by atoms with Gasteiger partial charge in [0.15, 0.2) is 23.0 Å². The third-order valence-corrected chi connectivity index (χ3v) is 7.40. The Morgan fingerprint density at radius 3 is 2.38 bits per heavy atom. The first-order valence-corrected chi connectivity index (χ1v) is 13.9. The number of carbonyl (C=O) groups excluding carboxylic acids is 2. The summed E-state index contributed by atoms with van der Waals surface area (Å²) < 4.78 is 32.8. The van der Waals surface area contributed by atoms with Crippen LogP contribution in [0.15, 0.2) is 77.9 Å². The largest absolute Gasteiger partial charge is 0.496 e. The maximum atomic E-state index is 13.5. The lowest BCUT2D eigenvalue weighted by atomic mass is 10.0. The lowest BCUT2D eigenvalue weighted by Gasteiger charge is -2.10. The van der Waals surface area contributed by atoms with Gasteiger partial charge in [0.1, 0.15) is 17.2 Å². The highest BCUT2D eigenvalue weighted by Gasteiger charge is 2.25. The molecular formula is C33H26ClN3O8. The van der Waals surface area contributed by atoms with Gasteiger partial charge in [-0.2, -0.15) is 5.10 Å². The van der Waals surface area contributed by atoms with Gasteiger partial charge < -0.3 is 33.4 Å². The Labute approximate surface area is 262 Å². The number of fused-ring (bicyclic) bond motifs is 2. The first kappa shape index (κ1) is 29.4. The van der Waals surface area contributed by atoms with Crippen molar-refractivity contribution >= 4 is 40.6 Å². The average molecular weight is 628 g/mol. The SMILES string of the molecule is COc1cc(C=NNC(=O)c2[nH]c3c(OC)ccc(OC)c3c2-c2ccccc2Cl)ccc1OC(=O)c1ccc2c(c1)OCO2. The van der Waals surface area contributed by atoms with Gasteiger partial charge in [-0.05, 0) is 60.2 Å². The molecule has 45 heavy (non-hydrogen) atoms. The molecule has 6 rings (SSSR count). The van der Waals surface area contributed by atoms with Gasteiger partial charge in [-0.3, -0.25) is 4.79 Å². The second-order valence-corrected chi connectivity index (χ2v) is 10.0. The summed E-state index contributed by atoms with van der Waals surface area (Å²) in [6.07, 6.45) is 1.43. The van der Waals surface area contributed by atoms with Crippen LogP contribution in [0.4, 0.5) is 0 Å². The minimum atomic E-state index is -0.596. The van der Waals surface area contributed by atoms with Crippen molar-refractivity contribution in [2.75, 3.05) is 28.1 Å². The van der Waals surface area contributed by atoms with Gasteiger partial charge in [0.25, 0.3) is 5.91 Å². The van der Waals surface area contributed by atoms with E-state index in [0.29, 0.717) is 55.6 Å². The lowest BCUT2D eigenvalue weighted by molar-refractivity contribution is 0.0729. The highest BCUT2D eigenvalue weighted by Crippen LogP contribution is 2.44. The highest BCUT2D eigenvalue weighted by molar-refractivity contribution is 6.34. The van der Waals surface area contributed by atoms with Crippen LogP contribution in [0.1, 0.15) is 26.4 Å². The molecule has 12 heteroatoms. The van der Waals surface area contributed by atoms with Gasteiger partial charge in [0, 0.05) is 16.1 Å². The minimum absolute atomic E-state index is 0.0962. The fourth-order valence-electron chi connectivity index (χ4n) is 4.95. The predicted molar refractivity (Wildman–Crippen MR) is 167 cm³/mol. The number of hydrogen-bond donors (Lipinski definition) is 2. The Bertz CT molecular complexity index is 1970. The van der Waals surface area contributed by atoms with E-state index in [1.165, 1.54) is 13.3 Å². The second kappa shape index (κ2) is 12.5. The number of hydrogen-bond acceptors (Lipinski definition) is 9. The summed E-state index contributed by atoms with van der Waals surface area (Å²) in [5, 5.41) is 5.23. The lowest BCUT2D eigenvalue weighted by Crippen LogP contribution is -2.19. The summed E-state index contributed by atoms with van der Waals surface area (Å²) in [6.45, 7) is 0.0962. The monoisotopic (exact) mass is 627 g/mol. The van der Waals surface area contributed by atoms with Crippen molar-refractivity contribution in [1.29, 1.82) is 0 Å². The number of carbonyl (C=O) groups is 2. The Kier molecular flexibility index (Phi) is 8.17. The van der Waals surface area contributed by atoms with Crippen molar-refractivity contribution < 1.29 is 38.0 Å². The number of methoxy groups -OCH3 is 3. The number of hydrazone groups is 1. The van der Waals surface area contributed by atoms with Crippen LogP contribution in [0, 0.1) is 0 Å². The average Bonchev–Trinajstić information content (AvgIpc) is 3.70. The van der Waals surface area contributed by atoms with Crippen LogP contribution < -0.4 is 33.8 Å². The molecule has 0 bridgehead atoms. The number of halogens is 1. The van der Waals surface area contributed by atoms with E-state index in [0.717, 1.165) is 0 Å². The third kappa shape index (κ3) is 5.68. The van der Waals surface area contributed by atoms with Gasteiger partial charge >= 0.3 is 5.97 Å². The molecule has 1 aliphatic heterocycles. The molecule has 4 aromatic carbocycles. The Hall–Kier alpha value is -5.68. The van der Waals surface area contributed by atoms with Gasteiger partial charge in [-0.15, -0.1) is 0 Å². The van der Waals surface area contributed by atoms with Crippen LogP contribution in [-0.2, 0) is 0 Å². The molecule has 1 aromatic heterocycles. The number of esters is 1. The molecule has 1 amide bonds. The van der Waals surface area contributed by atoms with Crippen molar-refractivity contribution in [1.82, 2.24) is 10.4 Å². The van der Waals surface area contributed by atoms with Crippen LogP contribution in [-0.4, -0.2) is 51.2 Å². The van der Waals surface area contributed by atoms with Crippen molar-refractivity contribution in [3.63, 3.8) is 0 Å². The number of ether oxygens (including phenoxy) is 6. The first-order chi connectivity index (χ1) is 21.9. The summed E-state index contributed by atoms with van der Waals surface area (Å²) in [5.74, 6) is 1.45. The minimum Gasteiger partial charge on any atom is -0.496 e. The second-order valence-electron chi connectivity index (χ2n) is 9.64. The van der Waals surface area contributed by atoms with Crippen LogP contribution in [0.3, 0.4) is 0 Å². The fourth-order valence-corrected chi connectivity index (χ4v) is 5.18. The van der Waals surface area contributed by atoms with E-state index in [9.17, 15) is 9.59 Å². The van der Waals surface area contributed by atoms with E-state index in [1.54, 1.807) is 74.9 Å². The van der Waals surface area contributed by atoms with Gasteiger partial charge in [0.05, 0.1) is 44.0 Å². The normalized spacial score (nSPS) is 11.9.